The van der Waals surface area contributed by atoms with Gasteiger partial charge >= 0.3 is 0 Å². The van der Waals surface area contributed by atoms with E-state index < -0.39 is 18.6 Å². The maximum Gasteiger partial charge on any atom is 0.258 e. The van der Waals surface area contributed by atoms with Crippen molar-refractivity contribution in [3.8, 4) is 28.6 Å². The van der Waals surface area contributed by atoms with Crippen LogP contribution in [0.2, 0.25) is 0 Å². The summed E-state index contributed by atoms with van der Waals surface area (Å²) in [5.74, 6) is 1.84. The number of benzene rings is 1. The van der Waals surface area contributed by atoms with Gasteiger partial charge in [-0.25, -0.2) is 4.98 Å². The first-order valence-electron chi connectivity index (χ1n) is 11.6. The highest BCUT2D eigenvalue weighted by Crippen LogP contribution is 2.32. The van der Waals surface area contributed by atoms with Gasteiger partial charge in [0.15, 0.2) is 0 Å². The molecule has 2 aromatic heterocycles. The molecule has 0 aliphatic rings. The zero-order valence-corrected chi connectivity index (χ0v) is 20.8. The van der Waals surface area contributed by atoms with Crippen LogP contribution >= 0.6 is 0 Å². The van der Waals surface area contributed by atoms with Crippen molar-refractivity contribution in [3.63, 3.8) is 0 Å². The van der Waals surface area contributed by atoms with Gasteiger partial charge in [0.25, 0.3) is 5.89 Å². The van der Waals surface area contributed by atoms with Crippen LogP contribution in [0.4, 0.5) is 5.82 Å². The second kappa shape index (κ2) is 11.8. The Balaban J connectivity index is 1.81. The zero-order valence-electron chi connectivity index (χ0n) is 20.8. The van der Waals surface area contributed by atoms with Gasteiger partial charge in [0.05, 0.1) is 0 Å². The standard InChI is InChI=1S/C25H33N5O5/c1-6-16-9-17(8-15(3)23(16)34-14-20(32)12-26-22(33)13-31)24-28-25(35-29-24)18-10-19(7-2)27-21(11-18)30(4)5/h8-11,20,31-32H,6-7,12-14H2,1-5H3,(H,26,33)/t20-/m0/s1. The molecule has 35 heavy (non-hydrogen) atoms. The molecule has 0 bridgehead atoms. The molecule has 0 spiro atoms. The molecule has 1 amide bonds. The Kier molecular flexibility index (Phi) is 8.78. The molecule has 3 aromatic rings. The fourth-order valence-electron chi connectivity index (χ4n) is 3.53. The lowest BCUT2D eigenvalue weighted by Gasteiger charge is -2.17. The number of aliphatic hydroxyl groups excluding tert-OH is 2. The number of anilines is 1. The lowest BCUT2D eigenvalue weighted by Crippen LogP contribution is -2.36. The predicted octanol–water partition coefficient (Wildman–Crippen LogP) is 2.15. The predicted molar refractivity (Wildman–Crippen MR) is 132 cm³/mol. The number of amides is 1. The molecule has 10 nitrogen and oxygen atoms in total. The van der Waals surface area contributed by atoms with Crippen LogP contribution in [0.1, 0.15) is 30.7 Å². The SMILES string of the molecule is CCc1cc(-c2nc(-c3cc(C)c(OC[C@@H](O)CNC(=O)CO)c(CC)c3)no2)cc(N(C)C)n1. The maximum atomic E-state index is 11.2. The van der Waals surface area contributed by atoms with Gasteiger partial charge in [-0.3, -0.25) is 4.79 Å². The first-order valence-corrected chi connectivity index (χ1v) is 11.6. The Morgan fingerprint density at radius 1 is 1.14 bits per heavy atom. The van der Waals surface area contributed by atoms with E-state index in [4.69, 9.17) is 14.4 Å². The number of carbonyl (C=O) groups is 1. The fourth-order valence-corrected chi connectivity index (χ4v) is 3.53. The van der Waals surface area contributed by atoms with Gasteiger partial charge in [0.2, 0.25) is 11.7 Å². The number of nitrogens with zero attached hydrogens (tertiary/aromatic N) is 4. The van der Waals surface area contributed by atoms with Gasteiger partial charge < -0.3 is 29.7 Å². The van der Waals surface area contributed by atoms with Crippen molar-refractivity contribution in [2.45, 2.75) is 39.7 Å². The van der Waals surface area contributed by atoms with Gasteiger partial charge in [-0.1, -0.05) is 19.0 Å². The third kappa shape index (κ3) is 6.55. The van der Waals surface area contributed by atoms with Crippen LogP contribution < -0.4 is 15.0 Å². The first kappa shape index (κ1) is 26.1. The number of hydrogen-bond acceptors (Lipinski definition) is 9. The number of ether oxygens (including phenoxy) is 1. The van der Waals surface area contributed by atoms with E-state index in [1.54, 1.807) is 0 Å². The third-order valence-electron chi connectivity index (χ3n) is 5.45. The van der Waals surface area contributed by atoms with E-state index in [0.717, 1.165) is 40.2 Å². The lowest BCUT2D eigenvalue weighted by atomic mass is 10.0. The van der Waals surface area contributed by atoms with Crippen molar-refractivity contribution in [1.82, 2.24) is 20.4 Å². The quantitative estimate of drug-likeness (QED) is 0.375. The van der Waals surface area contributed by atoms with Gasteiger partial charge in [-0.05, 0) is 55.2 Å². The van der Waals surface area contributed by atoms with E-state index in [1.807, 2.05) is 64.0 Å². The topological polar surface area (TPSA) is 134 Å². The molecule has 10 heteroatoms. The van der Waals surface area contributed by atoms with E-state index in [9.17, 15) is 9.90 Å². The molecule has 3 rings (SSSR count). The molecule has 0 aliphatic carbocycles. The molecule has 0 saturated carbocycles. The van der Waals surface area contributed by atoms with Crippen molar-refractivity contribution in [2.75, 3.05) is 38.8 Å². The summed E-state index contributed by atoms with van der Waals surface area (Å²) in [5.41, 5.74) is 4.35. The van der Waals surface area contributed by atoms with Crippen molar-refractivity contribution >= 4 is 11.7 Å². The maximum absolute atomic E-state index is 11.2. The second-order valence-electron chi connectivity index (χ2n) is 8.44. The third-order valence-corrected chi connectivity index (χ3v) is 5.45. The normalized spacial score (nSPS) is 11.9. The average Bonchev–Trinajstić information content (AvgIpc) is 3.36. The smallest absolute Gasteiger partial charge is 0.258 e. The number of aromatic nitrogens is 3. The molecule has 0 aliphatic heterocycles. The van der Waals surface area contributed by atoms with Gasteiger partial charge in [-0.15, -0.1) is 0 Å². The van der Waals surface area contributed by atoms with E-state index >= 15 is 0 Å². The molecular weight excluding hydrogens is 450 g/mol. The fraction of sp³-hybridized carbons (Fsp3) is 0.440. The number of aliphatic hydroxyl groups is 2. The minimum atomic E-state index is -0.908. The van der Waals surface area contributed by atoms with Crippen LogP contribution in [0, 0.1) is 6.92 Å². The highest BCUT2D eigenvalue weighted by Gasteiger charge is 2.17. The van der Waals surface area contributed by atoms with E-state index in [-0.39, 0.29) is 13.2 Å². The van der Waals surface area contributed by atoms with Crippen LogP contribution in [0.15, 0.2) is 28.8 Å². The van der Waals surface area contributed by atoms with E-state index in [0.29, 0.717) is 23.9 Å². The minimum Gasteiger partial charge on any atom is -0.490 e. The van der Waals surface area contributed by atoms with Gasteiger partial charge in [0.1, 0.15) is 30.9 Å². The van der Waals surface area contributed by atoms with Gasteiger partial charge in [-0.2, -0.15) is 4.98 Å². The molecule has 1 atom stereocenters. The molecule has 1 aromatic carbocycles. The molecule has 188 valence electrons. The molecule has 0 unspecified atom stereocenters. The number of rotatable bonds is 11. The number of hydrogen-bond donors (Lipinski definition) is 3. The highest BCUT2D eigenvalue weighted by molar-refractivity contribution is 5.76. The van der Waals surface area contributed by atoms with Crippen LogP contribution in [0.3, 0.4) is 0 Å². The molecule has 0 radical (unpaired) electrons. The molecule has 2 heterocycles. The summed E-state index contributed by atoms with van der Waals surface area (Å²) >= 11 is 0. The summed E-state index contributed by atoms with van der Waals surface area (Å²) in [4.78, 5) is 22.3. The van der Waals surface area contributed by atoms with Crippen LogP contribution in [-0.2, 0) is 17.6 Å². The Labute approximate surface area is 205 Å². The second-order valence-corrected chi connectivity index (χ2v) is 8.44. The van der Waals surface area contributed by atoms with Crippen molar-refractivity contribution < 1.29 is 24.3 Å². The Hall–Kier alpha value is -3.50. The Morgan fingerprint density at radius 2 is 1.91 bits per heavy atom. The zero-order chi connectivity index (χ0) is 25.5. The van der Waals surface area contributed by atoms with Crippen LogP contribution in [0.5, 0.6) is 5.75 Å². The summed E-state index contributed by atoms with van der Waals surface area (Å²) < 4.78 is 11.5. The van der Waals surface area contributed by atoms with Crippen LogP contribution in [0.25, 0.3) is 22.8 Å². The highest BCUT2D eigenvalue weighted by atomic mass is 16.5. The number of aryl methyl sites for hydroxylation is 3. The summed E-state index contributed by atoms with van der Waals surface area (Å²) in [7, 11) is 3.88. The number of nitrogens with one attached hydrogen (secondary N) is 1. The van der Waals surface area contributed by atoms with Crippen molar-refractivity contribution in [2.24, 2.45) is 0 Å². The summed E-state index contributed by atoms with van der Waals surface area (Å²) in [6, 6.07) is 7.74. The molecule has 3 N–H and O–H groups in total. The van der Waals surface area contributed by atoms with Crippen molar-refractivity contribution in [1.29, 1.82) is 0 Å². The number of carbonyl (C=O) groups excluding carboxylic acids is 1. The minimum absolute atomic E-state index is 0.00126. The summed E-state index contributed by atoms with van der Waals surface area (Å²) in [6.07, 6.45) is 0.579. The molecular formula is C25H33N5O5. The van der Waals surface area contributed by atoms with Gasteiger partial charge in [0, 0.05) is 37.5 Å². The summed E-state index contributed by atoms with van der Waals surface area (Å²) in [5, 5.41) is 25.5. The Morgan fingerprint density at radius 3 is 2.57 bits per heavy atom. The monoisotopic (exact) mass is 483 g/mol. The van der Waals surface area contributed by atoms with E-state index in [2.05, 4.69) is 20.4 Å². The first-order chi connectivity index (χ1) is 16.7. The molecule has 0 saturated heterocycles. The summed E-state index contributed by atoms with van der Waals surface area (Å²) in [6.45, 7) is 5.35. The number of pyridine rings is 1. The van der Waals surface area contributed by atoms with E-state index in [1.165, 1.54) is 0 Å². The van der Waals surface area contributed by atoms with Crippen LogP contribution in [-0.4, -0.2) is 71.2 Å². The average molecular weight is 484 g/mol. The largest absolute Gasteiger partial charge is 0.490 e. The lowest BCUT2D eigenvalue weighted by molar-refractivity contribution is -0.124. The molecule has 0 fully saturated rings. The Bertz CT molecular complexity index is 1160. The van der Waals surface area contributed by atoms with Crippen molar-refractivity contribution in [3.05, 3.63) is 41.1 Å².